The molecule has 0 spiro atoms. The molecule has 0 atom stereocenters. The van der Waals surface area contributed by atoms with E-state index in [-0.39, 0.29) is 0 Å². The predicted molar refractivity (Wildman–Crippen MR) is 89.2 cm³/mol. The van der Waals surface area contributed by atoms with Gasteiger partial charge >= 0.3 is 0 Å². The van der Waals surface area contributed by atoms with E-state index in [1.165, 1.54) is 27.5 Å². The van der Waals surface area contributed by atoms with Gasteiger partial charge < -0.3 is 0 Å². The lowest BCUT2D eigenvalue weighted by Crippen LogP contribution is -1.87. The first-order chi connectivity index (χ1) is 10.2. The van der Waals surface area contributed by atoms with Gasteiger partial charge in [0, 0.05) is 22.8 Å². The third-order valence-electron chi connectivity index (χ3n) is 3.68. The molecule has 1 heteroatoms. The fourth-order valence-electron chi connectivity index (χ4n) is 2.57. The van der Waals surface area contributed by atoms with Gasteiger partial charge in [0.2, 0.25) is 0 Å². The van der Waals surface area contributed by atoms with Crippen LogP contribution in [0.2, 0.25) is 0 Å². The van der Waals surface area contributed by atoms with Gasteiger partial charge in [-0.15, -0.1) is 5.92 Å². The second-order valence-electron chi connectivity index (χ2n) is 5.29. The van der Waals surface area contributed by atoms with Gasteiger partial charge in [-0.2, -0.15) is 0 Å². The Morgan fingerprint density at radius 3 is 2.57 bits per heavy atom. The van der Waals surface area contributed by atoms with Crippen molar-refractivity contribution >= 4 is 10.8 Å². The van der Waals surface area contributed by atoms with Crippen LogP contribution in [0.15, 0.2) is 48.7 Å². The second kappa shape index (κ2) is 5.42. The molecule has 0 fully saturated rings. The monoisotopic (exact) mass is 271 g/mol. The van der Waals surface area contributed by atoms with Crippen molar-refractivity contribution in [3.8, 4) is 23.0 Å². The van der Waals surface area contributed by atoms with Gasteiger partial charge in [-0.1, -0.05) is 24.1 Å². The zero-order valence-corrected chi connectivity index (χ0v) is 12.6. The van der Waals surface area contributed by atoms with E-state index in [0.717, 1.165) is 11.3 Å². The Morgan fingerprint density at radius 1 is 0.905 bits per heavy atom. The third kappa shape index (κ3) is 2.66. The minimum atomic E-state index is 1.05. The fourth-order valence-corrected chi connectivity index (χ4v) is 2.57. The van der Waals surface area contributed by atoms with E-state index in [1.54, 1.807) is 0 Å². The van der Waals surface area contributed by atoms with Gasteiger partial charge in [-0.3, -0.25) is 4.98 Å². The highest BCUT2D eigenvalue weighted by Gasteiger charge is 2.04. The van der Waals surface area contributed by atoms with Crippen LogP contribution in [-0.2, 0) is 0 Å². The van der Waals surface area contributed by atoms with Crippen LogP contribution >= 0.6 is 0 Å². The molecule has 0 saturated heterocycles. The van der Waals surface area contributed by atoms with Crippen molar-refractivity contribution in [1.82, 2.24) is 4.98 Å². The number of benzene rings is 2. The van der Waals surface area contributed by atoms with Crippen LogP contribution in [0.4, 0.5) is 0 Å². The number of pyridine rings is 1. The number of hydrogen-bond donors (Lipinski definition) is 0. The van der Waals surface area contributed by atoms with Crippen molar-refractivity contribution < 1.29 is 0 Å². The quantitative estimate of drug-likeness (QED) is 0.574. The number of aromatic nitrogens is 1. The van der Waals surface area contributed by atoms with Crippen molar-refractivity contribution in [1.29, 1.82) is 0 Å². The highest BCUT2D eigenvalue weighted by Crippen LogP contribution is 2.27. The summed E-state index contributed by atoms with van der Waals surface area (Å²) < 4.78 is 0. The highest BCUT2D eigenvalue weighted by molar-refractivity contribution is 5.87. The lowest BCUT2D eigenvalue weighted by Gasteiger charge is -2.08. The summed E-state index contributed by atoms with van der Waals surface area (Å²) in [5, 5.41) is 2.40. The number of aryl methyl sites for hydroxylation is 2. The first-order valence-corrected chi connectivity index (χ1v) is 7.07. The summed E-state index contributed by atoms with van der Waals surface area (Å²) in [6, 6.07) is 15.0. The average Bonchev–Trinajstić information content (AvgIpc) is 2.49. The summed E-state index contributed by atoms with van der Waals surface area (Å²) in [5.74, 6) is 6.09. The number of nitrogens with zero attached hydrogens (tertiary/aromatic N) is 1. The number of fused-ring (bicyclic) bond motifs is 1. The maximum atomic E-state index is 4.39. The summed E-state index contributed by atoms with van der Waals surface area (Å²) in [6.07, 6.45) is 1.94. The molecule has 2 aromatic carbocycles. The van der Waals surface area contributed by atoms with E-state index < -0.39 is 0 Å². The second-order valence-corrected chi connectivity index (χ2v) is 5.29. The van der Waals surface area contributed by atoms with Crippen LogP contribution < -0.4 is 0 Å². The summed E-state index contributed by atoms with van der Waals surface area (Å²) >= 11 is 0. The minimum absolute atomic E-state index is 1.05. The van der Waals surface area contributed by atoms with E-state index in [9.17, 15) is 0 Å². The lowest BCUT2D eigenvalue weighted by molar-refractivity contribution is 1.22. The first kappa shape index (κ1) is 13.4. The Labute approximate surface area is 125 Å². The molecule has 3 rings (SSSR count). The molecule has 102 valence electrons. The lowest BCUT2D eigenvalue weighted by atomic mass is 9.96. The molecule has 0 aliphatic carbocycles. The van der Waals surface area contributed by atoms with Gasteiger partial charge in [0.25, 0.3) is 0 Å². The van der Waals surface area contributed by atoms with Crippen molar-refractivity contribution in [2.75, 3.05) is 0 Å². The predicted octanol–water partition coefficient (Wildman–Crippen LogP) is 4.89. The SMILES string of the molecule is CC#Cc1ccc(C)c(-c2ccc3cc(C)ncc3c2)c1. The third-order valence-corrected chi connectivity index (χ3v) is 3.68. The first-order valence-electron chi connectivity index (χ1n) is 7.07. The molecule has 0 N–H and O–H groups in total. The van der Waals surface area contributed by atoms with Gasteiger partial charge in [0.1, 0.15) is 0 Å². The fraction of sp³-hybridized carbons (Fsp3) is 0.150. The molecule has 21 heavy (non-hydrogen) atoms. The van der Waals surface area contributed by atoms with Crippen molar-refractivity contribution in [3.05, 3.63) is 65.5 Å². The van der Waals surface area contributed by atoms with Gasteiger partial charge in [0.05, 0.1) is 0 Å². The molecular formula is C20H17N. The molecule has 1 nitrogen and oxygen atoms in total. The zero-order valence-electron chi connectivity index (χ0n) is 12.6. The van der Waals surface area contributed by atoms with Crippen molar-refractivity contribution in [2.24, 2.45) is 0 Å². The van der Waals surface area contributed by atoms with Crippen LogP contribution in [0, 0.1) is 25.7 Å². The molecule has 0 amide bonds. The summed E-state index contributed by atoms with van der Waals surface area (Å²) in [4.78, 5) is 4.39. The van der Waals surface area contributed by atoms with Crippen LogP contribution in [0.5, 0.6) is 0 Å². The van der Waals surface area contributed by atoms with Crippen LogP contribution in [-0.4, -0.2) is 4.98 Å². The zero-order chi connectivity index (χ0) is 14.8. The Bertz CT molecular complexity index is 879. The van der Waals surface area contributed by atoms with E-state index in [0.29, 0.717) is 0 Å². The topological polar surface area (TPSA) is 12.9 Å². The molecular weight excluding hydrogens is 254 g/mol. The molecule has 3 aromatic rings. The van der Waals surface area contributed by atoms with Gasteiger partial charge in [-0.25, -0.2) is 0 Å². The Balaban J connectivity index is 2.17. The Kier molecular flexibility index (Phi) is 3.46. The summed E-state index contributed by atoms with van der Waals surface area (Å²) in [5.41, 5.74) is 5.81. The maximum Gasteiger partial charge on any atom is 0.0379 e. The van der Waals surface area contributed by atoms with Crippen LogP contribution in [0.3, 0.4) is 0 Å². The maximum absolute atomic E-state index is 4.39. The molecule has 0 aliphatic rings. The van der Waals surface area contributed by atoms with E-state index in [4.69, 9.17) is 0 Å². The molecule has 0 aliphatic heterocycles. The number of rotatable bonds is 1. The van der Waals surface area contributed by atoms with Crippen LogP contribution in [0.25, 0.3) is 21.9 Å². The Hall–Kier alpha value is -2.59. The van der Waals surface area contributed by atoms with Crippen molar-refractivity contribution in [2.45, 2.75) is 20.8 Å². The van der Waals surface area contributed by atoms with E-state index >= 15 is 0 Å². The van der Waals surface area contributed by atoms with E-state index in [1.807, 2.05) is 20.0 Å². The van der Waals surface area contributed by atoms with E-state index in [2.05, 4.69) is 66.2 Å². The minimum Gasteiger partial charge on any atom is -0.261 e. The number of hydrogen-bond acceptors (Lipinski definition) is 1. The molecule has 1 aromatic heterocycles. The normalized spacial score (nSPS) is 10.2. The molecule has 0 saturated carbocycles. The summed E-state index contributed by atoms with van der Waals surface area (Å²) in [7, 11) is 0. The molecule has 0 bridgehead atoms. The molecule has 0 unspecified atom stereocenters. The Morgan fingerprint density at radius 2 is 1.76 bits per heavy atom. The summed E-state index contributed by atoms with van der Waals surface area (Å²) in [6.45, 7) is 6.02. The smallest absolute Gasteiger partial charge is 0.0379 e. The highest BCUT2D eigenvalue weighted by atomic mass is 14.6. The molecule has 0 radical (unpaired) electrons. The molecule has 1 heterocycles. The largest absolute Gasteiger partial charge is 0.261 e. The average molecular weight is 271 g/mol. The van der Waals surface area contributed by atoms with Crippen LogP contribution in [0.1, 0.15) is 23.7 Å². The van der Waals surface area contributed by atoms with Crippen molar-refractivity contribution in [3.63, 3.8) is 0 Å². The van der Waals surface area contributed by atoms with Gasteiger partial charge in [-0.05, 0) is 67.1 Å². The van der Waals surface area contributed by atoms with Gasteiger partial charge in [0.15, 0.2) is 0 Å². The standard InChI is InChI=1S/C20H17N/c1-4-5-16-7-6-14(2)20(11-16)18-9-8-17-10-15(3)21-13-19(17)12-18/h6-13H,1-3H3.